The zero-order valence-electron chi connectivity index (χ0n) is 22.0. The Morgan fingerprint density at radius 3 is 1.05 bits per heavy atom. The molecule has 0 saturated carbocycles. The third-order valence-corrected chi connectivity index (χ3v) is 5.95. The van der Waals surface area contributed by atoms with Crippen molar-refractivity contribution in [1.82, 2.24) is 0 Å². The van der Waals surface area contributed by atoms with Crippen molar-refractivity contribution in [3.05, 3.63) is 0 Å². The summed E-state index contributed by atoms with van der Waals surface area (Å²) in [5, 5.41) is 9.61. The molecule has 0 bridgehead atoms. The Kier molecular flexibility index (Phi) is 14.2. The topological polar surface area (TPSA) is 40.1 Å². The Labute approximate surface area is 221 Å². The van der Waals surface area contributed by atoms with Gasteiger partial charge in [0.25, 0.3) is 0 Å². The van der Waals surface area contributed by atoms with Crippen molar-refractivity contribution in [1.29, 1.82) is 0 Å². The summed E-state index contributed by atoms with van der Waals surface area (Å²) < 4.78 is 188. The van der Waals surface area contributed by atoms with Gasteiger partial charge in [-0.3, -0.25) is 0 Å². The first-order valence-corrected chi connectivity index (χ1v) is 12.1. The Bertz CT molecular complexity index is 767. The van der Waals surface area contributed by atoms with Crippen LogP contribution in [0.15, 0.2) is 0 Å². The lowest BCUT2D eigenvalue weighted by Crippen LogP contribution is -2.74. The van der Waals surface area contributed by atoms with Gasteiger partial charge < -0.3 is 14.4 Å². The number of carboxylic acids is 1. The van der Waals surface area contributed by atoms with Gasteiger partial charge in [-0.05, 0) is 25.7 Å². The van der Waals surface area contributed by atoms with E-state index in [2.05, 4.69) is 27.7 Å². The van der Waals surface area contributed by atoms with E-state index in [-0.39, 0.29) is 0 Å². The van der Waals surface area contributed by atoms with Gasteiger partial charge in [-0.1, -0.05) is 40.5 Å². The molecule has 0 spiro atoms. The highest BCUT2D eigenvalue weighted by Gasteiger charge is 2.93. The number of unbranched alkanes of at least 4 members (excludes halogenated alkanes) is 2. The average molecular weight is 627 g/mol. The average Bonchev–Trinajstić information content (AvgIpc) is 2.80. The monoisotopic (exact) mass is 627 g/mol. The summed E-state index contributed by atoms with van der Waals surface area (Å²) in [7, 11) is 0. The molecular formula is C22H32F15NO2. The van der Waals surface area contributed by atoms with Gasteiger partial charge in [0, 0.05) is 0 Å². The lowest BCUT2D eigenvalue weighted by atomic mass is 9.91. The van der Waals surface area contributed by atoms with E-state index in [0.29, 0.717) is 0 Å². The quantitative estimate of drug-likeness (QED) is 0.133. The standard InChI is InChI=1S/C14H32N.C8HF15O2/c1-5-9-13-15(11-7-3,12-8-4)14-10-6-2;9-2(10,1(24)25)3(11,12)4(13,14)5(15,16)6(17,18)7(19,20)8(21,22)23/h5-14H2,1-4H3;(H,24,25)/q+1;/p-1. The molecule has 18 heteroatoms. The fraction of sp³-hybridized carbons (Fsp3) is 0.955. The van der Waals surface area contributed by atoms with Crippen LogP contribution < -0.4 is 5.11 Å². The zero-order chi connectivity index (χ0) is 32.6. The second-order valence-corrected chi connectivity index (χ2v) is 9.17. The van der Waals surface area contributed by atoms with Crippen molar-refractivity contribution in [3.8, 4) is 0 Å². The van der Waals surface area contributed by atoms with Gasteiger partial charge in [0.15, 0.2) is 0 Å². The van der Waals surface area contributed by atoms with Crippen LogP contribution in [-0.4, -0.2) is 78.3 Å². The molecule has 0 aromatic rings. The van der Waals surface area contributed by atoms with Crippen molar-refractivity contribution in [2.24, 2.45) is 0 Å². The number of carboxylic acid groups (broad SMARTS) is 1. The molecule has 0 amide bonds. The number of carbonyl (C=O) groups excluding carboxylic acids is 1. The van der Waals surface area contributed by atoms with Crippen LogP contribution in [0.25, 0.3) is 0 Å². The number of carbonyl (C=O) groups is 1. The highest BCUT2D eigenvalue weighted by Crippen LogP contribution is 2.62. The Hall–Kier alpha value is -1.62. The highest BCUT2D eigenvalue weighted by atomic mass is 19.4. The first-order chi connectivity index (χ1) is 17.7. The Morgan fingerprint density at radius 2 is 0.800 bits per heavy atom. The number of alkyl halides is 15. The molecule has 0 saturated heterocycles. The van der Waals surface area contributed by atoms with E-state index in [1.54, 1.807) is 0 Å². The number of hydrogen-bond donors (Lipinski definition) is 0. The third-order valence-electron chi connectivity index (χ3n) is 5.95. The largest absolute Gasteiger partial charge is 0.544 e. The van der Waals surface area contributed by atoms with Gasteiger partial charge in [0.1, 0.15) is 5.97 Å². The number of aliphatic carboxylic acids is 1. The molecule has 0 aliphatic rings. The molecule has 0 aliphatic heterocycles. The van der Waals surface area contributed by atoms with Gasteiger partial charge in [-0.25, -0.2) is 0 Å². The third kappa shape index (κ3) is 7.81. The Balaban J connectivity index is 0. The van der Waals surface area contributed by atoms with Crippen LogP contribution in [0.5, 0.6) is 0 Å². The van der Waals surface area contributed by atoms with Gasteiger partial charge in [0.2, 0.25) is 0 Å². The van der Waals surface area contributed by atoms with Crippen molar-refractivity contribution >= 4 is 5.97 Å². The van der Waals surface area contributed by atoms with Gasteiger partial charge in [-0.2, -0.15) is 65.9 Å². The van der Waals surface area contributed by atoms with E-state index < -0.39 is 47.7 Å². The summed E-state index contributed by atoms with van der Waals surface area (Å²) in [6.45, 7) is 14.9. The minimum atomic E-state index is -8.50. The van der Waals surface area contributed by atoms with E-state index in [0.717, 1.165) is 0 Å². The Morgan fingerprint density at radius 1 is 0.500 bits per heavy atom. The first-order valence-electron chi connectivity index (χ1n) is 12.1. The molecule has 0 fully saturated rings. The number of nitrogens with zero attached hydrogens (tertiary/aromatic N) is 1. The lowest BCUT2D eigenvalue weighted by Gasteiger charge is -2.41. The van der Waals surface area contributed by atoms with Crippen LogP contribution in [0, 0.1) is 0 Å². The fourth-order valence-corrected chi connectivity index (χ4v) is 3.70. The summed E-state index contributed by atoms with van der Waals surface area (Å²) in [4.78, 5) is 9.61. The molecule has 0 atom stereocenters. The molecule has 40 heavy (non-hydrogen) atoms. The van der Waals surface area contributed by atoms with Crippen LogP contribution >= 0.6 is 0 Å². The lowest BCUT2D eigenvalue weighted by molar-refractivity contribution is -0.928. The van der Waals surface area contributed by atoms with E-state index in [1.807, 2.05) is 0 Å². The second kappa shape index (κ2) is 14.0. The maximum absolute atomic E-state index is 12.8. The van der Waals surface area contributed by atoms with Crippen molar-refractivity contribution in [3.63, 3.8) is 0 Å². The zero-order valence-corrected chi connectivity index (χ0v) is 22.0. The van der Waals surface area contributed by atoms with Crippen LogP contribution in [0.1, 0.15) is 66.2 Å². The summed E-state index contributed by atoms with van der Waals surface area (Å²) in [5.74, 6) is -53.3. The van der Waals surface area contributed by atoms with Gasteiger partial charge in [0.05, 0.1) is 26.2 Å². The van der Waals surface area contributed by atoms with Crippen molar-refractivity contribution in [2.45, 2.75) is 108 Å². The smallest absolute Gasteiger partial charge is 0.460 e. The maximum Gasteiger partial charge on any atom is 0.460 e. The highest BCUT2D eigenvalue weighted by molar-refractivity contribution is 5.75. The molecular weight excluding hydrogens is 595 g/mol. The number of rotatable bonds is 16. The fourth-order valence-electron chi connectivity index (χ4n) is 3.70. The molecule has 0 aliphatic carbocycles. The maximum atomic E-state index is 12.8. The van der Waals surface area contributed by atoms with E-state index >= 15 is 0 Å². The molecule has 0 N–H and O–H groups in total. The summed E-state index contributed by atoms with van der Waals surface area (Å²) in [6.07, 6.45) is 0.482. The van der Waals surface area contributed by atoms with Crippen LogP contribution in [0.2, 0.25) is 0 Å². The molecule has 0 aromatic carbocycles. The van der Waals surface area contributed by atoms with E-state index in [1.165, 1.54) is 69.2 Å². The molecule has 0 rings (SSSR count). The minimum Gasteiger partial charge on any atom is -0.544 e. The van der Waals surface area contributed by atoms with Gasteiger partial charge in [-0.15, -0.1) is 0 Å². The normalized spacial score (nSPS) is 14.6. The molecule has 0 unspecified atom stereocenters. The molecule has 0 aromatic heterocycles. The summed E-state index contributed by atoms with van der Waals surface area (Å²) in [6, 6.07) is 0. The van der Waals surface area contributed by atoms with E-state index in [4.69, 9.17) is 0 Å². The first kappa shape index (κ1) is 40.5. The van der Waals surface area contributed by atoms with Crippen LogP contribution in [0.4, 0.5) is 65.9 Å². The molecule has 242 valence electrons. The molecule has 0 heterocycles. The minimum absolute atomic E-state index is 1.34. The number of halogens is 15. The summed E-state index contributed by atoms with van der Waals surface area (Å²) in [5.41, 5.74) is 0. The predicted molar refractivity (Wildman–Crippen MR) is 111 cm³/mol. The van der Waals surface area contributed by atoms with Crippen molar-refractivity contribution in [2.75, 3.05) is 26.2 Å². The number of quaternary nitrogens is 1. The number of hydrogen-bond acceptors (Lipinski definition) is 2. The van der Waals surface area contributed by atoms with Gasteiger partial charge >= 0.3 is 41.7 Å². The SMILES string of the molecule is CCCC[N+](CCC)(CCC)CCCC.O=C([O-])C(F)(F)C(F)(F)C(F)(F)C(F)(F)C(F)(F)C(F)(F)C(F)(F)F. The van der Waals surface area contributed by atoms with Crippen LogP contribution in [0.3, 0.4) is 0 Å². The second-order valence-electron chi connectivity index (χ2n) is 9.17. The van der Waals surface area contributed by atoms with E-state index in [9.17, 15) is 75.8 Å². The van der Waals surface area contributed by atoms with Crippen molar-refractivity contribution < 1.29 is 80.2 Å². The summed E-state index contributed by atoms with van der Waals surface area (Å²) >= 11 is 0. The molecule has 3 nitrogen and oxygen atoms in total. The molecule has 0 radical (unpaired) electrons. The van der Waals surface area contributed by atoms with Crippen LogP contribution in [-0.2, 0) is 4.79 Å². The predicted octanol–water partition coefficient (Wildman–Crippen LogP) is 7.33.